The van der Waals surface area contributed by atoms with Gasteiger partial charge >= 0.3 is 0 Å². The van der Waals surface area contributed by atoms with Gasteiger partial charge in [-0.05, 0) is 43.1 Å². The number of H-pyrrole nitrogens is 1. The van der Waals surface area contributed by atoms with Crippen molar-refractivity contribution >= 4 is 11.8 Å². The molecule has 1 aliphatic carbocycles. The van der Waals surface area contributed by atoms with Crippen LogP contribution in [-0.2, 0) is 6.42 Å². The minimum absolute atomic E-state index is 0.319. The minimum Gasteiger partial charge on any atom is -0.497 e. The summed E-state index contributed by atoms with van der Waals surface area (Å²) in [5.41, 5.74) is 2.73. The molecule has 20 heavy (non-hydrogen) atoms. The summed E-state index contributed by atoms with van der Waals surface area (Å²) in [6.45, 7) is 0. The molecule has 0 fully saturated rings. The smallest absolute Gasteiger partial charge is 0.183 e. The van der Waals surface area contributed by atoms with E-state index in [0.717, 1.165) is 23.7 Å². The molecule has 2 aromatic rings. The van der Waals surface area contributed by atoms with Crippen LogP contribution in [0.25, 0.3) is 0 Å². The Bertz CT molecular complexity index is 573. The van der Waals surface area contributed by atoms with Crippen LogP contribution in [0.5, 0.6) is 5.75 Å². The molecule has 0 aliphatic heterocycles. The van der Waals surface area contributed by atoms with E-state index in [2.05, 4.69) is 32.6 Å². The minimum atomic E-state index is 0.319. The molecule has 0 saturated carbocycles. The molecule has 1 aromatic heterocycles. The number of hydrogen-bond donors (Lipinski definition) is 2. The Kier molecular flexibility index (Phi) is 3.93. The van der Waals surface area contributed by atoms with Gasteiger partial charge in [0.15, 0.2) is 5.16 Å². The molecule has 106 valence electrons. The van der Waals surface area contributed by atoms with Crippen LogP contribution in [0.1, 0.15) is 23.6 Å². The van der Waals surface area contributed by atoms with Crippen molar-refractivity contribution in [3.05, 3.63) is 35.7 Å². The van der Waals surface area contributed by atoms with Crippen LogP contribution in [-0.4, -0.2) is 34.6 Å². The Hall–Kier alpha value is -1.53. The average Bonchev–Trinajstić information content (AvgIpc) is 2.99. The zero-order valence-corrected chi connectivity index (χ0v) is 12.4. The number of benzene rings is 1. The van der Waals surface area contributed by atoms with E-state index in [1.54, 1.807) is 25.2 Å². The van der Waals surface area contributed by atoms with Gasteiger partial charge in [0, 0.05) is 11.3 Å². The number of thioether (sulfide) groups is 1. The maximum absolute atomic E-state index is 5.31. The molecular weight excluding hydrogens is 272 g/mol. The van der Waals surface area contributed by atoms with Gasteiger partial charge in [0.25, 0.3) is 0 Å². The molecule has 1 aliphatic rings. The summed E-state index contributed by atoms with van der Waals surface area (Å²) in [5, 5.41) is 11.6. The molecule has 0 saturated heterocycles. The molecule has 0 radical (unpaired) electrons. The monoisotopic (exact) mass is 290 g/mol. The molecule has 6 heteroatoms. The Morgan fingerprint density at radius 3 is 3.05 bits per heavy atom. The van der Waals surface area contributed by atoms with Crippen molar-refractivity contribution in [2.75, 3.05) is 14.2 Å². The molecule has 0 spiro atoms. The lowest BCUT2D eigenvalue weighted by molar-refractivity contribution is 0.412. The fourth-order valence-electron chi connectivity index (χ4n) is 2.76. The molecule has 0 amide bonds. The lowest BCUT2D eigenvalue weighted by Crippen LogP contribution is -2.32. The maximum Gasteiger partial charge on any atom is 0.183 e. The molecule has 5 nitrogen and oxygen atoms in total. The highest BCUT2D eigenvalue weighted by atomic mass is 32.2. The summed E-state index contributed by atoms with van der Waals surface area (Å²) < 4.78 is 5.31. The lowest BCUT2D eigenvalue weighted by Gasteiger charge is -2.32. The number of methoxy groups -OCH3 is 1. The molecule has 2 atom stereocenters. The number of aryl methyl sites for hydroxylation is 1. The molecule has 2 N–H and O–H groups in total. The molecule has 2 unspecified atom stereocenters. The molecule has 3 rings (SSSR count). The first-order valence-electron chi connectivity index (χ1n) is 6.68. The van der Waals surface area contributed by atoms with Crippen molar-refractivity contribution in [3.63, 3.8) is 0 Å². The highest BCUT2D eigenvalue weighted by Crippen LogP contribution is 2.39. The average molecular weight is 290 g/mol. The van der Waals surface area contributed by atoms with Crippen LogP contribution in [0, 0.1) is 0 Å². The maximum atomic E-state index is 5.31. The van der Waals surface area contributed by atoms with Crippen molar-refractivity contribution in [2.45, 2.75) is 29.3 Å². The Labute approximate surface area is 122 Å². The third-order valence-electron chi connectivity index (χ3n) is 3.72. The topological polar surface area (TPSA) is 62.8 Å². The predicted octanol–water partition coefficient (Wildman–Crippen LogP) is 2.18. The summed E-state index contributed by atoms with van der Waals surface area (Å²) in [6.07, 6.45) is 3.73. The summed E-state index contributed by atoms with van der Waals surface area (Å²) in [4.78, 5) is 4.21. The number of nitrogens with zero attached hydrogens (tertiary/aromatic N) is 2. The van der Waals surface area contributed by atoms with Gasteiger partial charge in [0.05, 0.1) is 7.11 Å². The number of fused-ring (bicyclic) bond motifs is 1. The zero-order valence-electron chi connectivity index (χ0n) is 11.6. The van der Waals surface area contributed by atoms with Crippen molar-refractivity contribution < 1.29 is 4.74 Å². The first kappa shape index (κ1) is 13.5. The Morgan fingerprint density at radius 2 is 2.35 bits per heavy atom. The van der Waals surface area contributed by atoms with E-state index in [0.29, 0.717) is 11.3 Å². The summed E-state index contributed by atoms with van der Waals surface area (Å²) in [6, 6.07) is 6.67. The van der Waals surface area contributed by atoms with Gasteiger partial charge in [0.1, 0.15) is 12.1 Å². The SMILES string of the molecule is CNC1c2ccc(OC)cc2CCC1Sc1ncn[nH]1. The molecule has 1 aromatic carbocycles. The van der Waals surface area contributed by atoms with Gasteiger partial charge in [-0.1, -0.05) is 17.8 Å². The fraction of sp³-hybridized carbons (Fsp3) is 0.429. The zero-order chi connectivity index (χ0) is 13.9. The van der Waals surface area contributed by atoms with Crippen molar-refractivity contribution in [1.29, 1.82) is 0 Å². The lowest BCUT2D eigenvalue weighted by atomic mass is 9.87. The summed E-state index contributed by atoms with van der Waals surface area (Å²) >= 11 is 1.75. The van der Waals surface area contributed by atoms with Crippen molar-refractivity contribution in [1.82, 2.24) is 20.5 Å². The van der Waals surface area contributed by atoms with E-state index in [9.17, 15) is 0 Å². The molecule has 1 heterocycles. The number of aromatic nitrogens is 3. The van der Waals surface area contributed by atoms with E-state index in [1.165, 1.54) is 11.1 Å². The van der Waals surface area contributed by atoms with Crippen LogP contribution < -0.4 is 10.1 Å². The second-order valence-corrected chi connectivity index (χ2v) is 6.04. The van der Waals surface area contributed by atoms with Gasteiger partial charge in [-0.25, -0.2) is 4.98 Å². The van der Waals surface area contributed by atoms with E-state index in [-0.39, 0.29) is 0 Å². The number of aromatic amines is 1. The summed E-state index contributed by atoms with van der Waals surface area (Å²) in [7, 11) is 3.72. The largest absolute Gasteiger partial charge is 0.497 e. The second-order valence-electron chi connectivity index (χ2n) is 4.82. The number of ether oxygens (including phenoxy) is 1. The molecule has 0 bridgehead atoms. The van der Waals surface area contributed by atoms with E-state index in [1.807, 2.05) is 13.1 Å². The van der Waals surface area contributed by atoms with Crippen molar-refractivity contribution in [3.8, 4) is 5.75 Å². The first-order chi connectivity index (χ1) is 9.81. The normalized spacial score (nSPS) is 21.5. The van der Waals surface area contributed by atoms with Gasteiger partial charge < -0.3 is 10.1 Å². The third kappa shape index (κ3) is 2.53. The highest BCUT2D eigenvalue weighted by Gasteiger charge is 2.30. The van der Waals surface area contributed by atoms with Gasteiger partial charge in [-0.2, -0.15) is 5.10 Å². The number of hydrogen-bond acceptors (Lipinski definition) is 5. The van der Waals surface area contributed by atoms with Crippen LogP contribution in [0.2, 0.25) is 0 Å². The van der Waals surface area contributed by atoms with Gasteiger partial charge in [-0.3, -0.25) is 5.10 Å². The number of rotatable bonds is 4. The van der Waals surface area contributed by atoms with Crippen molar-refractivity contribution in [2.24, 2.45) is 0 Å². The van der Waals surface area contributed by atoms with Gasteiger partial charge in [0.2, 0.25) is 0 Å². The van der Waals surface area contributed by atoms with E-state index < -0.39 is 0 Å². The fourth-order valence-corrected chi connectivity index (χ4v) is 3.91. The van der Waals surface area contributed by atoms with Crippen LogP contribution in [0.15, 0.2) is 29.7 Å². The second kappa shape index (κ2) is 5.85. The number of nitrogens with one attached hydrogen (secondary N) is 2. The predicted molar refractivity (Wildman–Crippen MR) is 79.1 cm³/mol. The quantitative estimate of drug-likeness (QED) is 0.903. The Morgan fingerprint density at radius 1 is 1.45 bits per heavy atom. The van der Waals surface area contributed by atoms with Gasteiger partial charge in [-0.15, -0.1) is 0 Å². The third-order valence-corrected chi connectivity index (χ3v) is 4.95. The van der Waals surface area contributed by atoms with Crippen LogP contribution >= 0.6 is 11.8 Å². The van der Waals surface area contributed by atoms with E-state index in [4.69, 9.17) is 4.74 Å². The highest BCUT2D eigenvalue weighted by molar-refractivity contribution is 7.99. The first-order valence-corrected chi connectivity index (χ1v) is 7.56. The summed E-state index contributed by atoms with van der Waals surface area (Å²) in [5.74, 6) is 0.931. The van der Waals surface area contributed by atoms with Crippen LogP contribution in [0.3, 0.4) is 0 Å². The standard InChI is InChI=1S/C14H18N4OS/c1-15-13-11-5-4-10(19-2)7-9(11)3-6-12(13)20-14-16-8-17-18-14/h4-5,7-8,12-13,15H,3,6H2,1-2H3,(H,16,17,18). The molecular formula is C14H18N4OS. The Balaban J connectivity index is 1.85. The van der Waals surface area contributed by atoms with Crippen LogP contribution in [0.4, 0.5) is 0 Å². The van der Waals surface area contributed by atoms with E-state index >= 15 is 0 Å².